The van der Waals surface area contributed by atoms with Gasteiger partial charge in [-0.15, -0.1) is 0 Å². The zero-order chi connectivity index (χ0) is 26.3. The van der Waals surface area contributed by atoms with E-state index in [9.17, 15) is 9.18 Å². The highest BCUT2D eigenvalue weighted by atomic mass is 32.1. The van der Waals surface area contributed by atoms with Crippen molar-refractivity contribution in [3.63, 3.8) is 0 Å². The van der Waals surface area contributed by atoms with Crippen LogP contribution in [0.15, 0.2) is 42.5 Å². The molecule has 7 rings (SSSR count). The summed E-state index contributed by atoms with van der Waals surface area (Å²) in [5, 5.41) is 0. The number of piperidine rings is 1. The molecule has 0 unspecified atom stereocenters. The number of ether oxygens (including phenoxy) is 1. The molecule has 1 atom stereocenters. The Morgan fingerprint density at radius 1 is 1.03 bits per heavy atom. The van der Waals surface area contributed by atoms with E-state index in [1.807, 2.05) is 6.07 Å². The number of Topliss-reactive ketones (excluding diaryl/α,β-unsaturated/α-hetero) is 1. The second kappa shape index (κ2) is 10.8. The van der Waals surface area contributed by atoms with Crippen LogP contribution in [0.2, 0.25) is 0 Å². The molecule has 2 aliphatic heterocycles. The maximum absolute atomic E-state index is 13.3. The van der Waals surface area contributed by atoms with Crippen molar-refractivity contribution in [2.75, 3.05) is 26.2 Å². The lowest BCUT2D eigenvalue weighted by molar-refractivity contribution is 0.0976. The molecule has 204 valence electrons. The van der Waals surface area contributed by atoms with E-state index in [2.05, 4.69) is 45.7 Å². The van der Waals surface area contributed by atoms with Gasteiger partial charge in [0.15, 0.2) is 10.7 Å². The number of aromatic nitrogens is 2. The Hall–Kier alpha value is -2.61. The fourth-order valence-corrected chi connectivity index (χ4v) is 7.37. The van der Waals surface area contributed by atoms with Gasteiger partial charge in [0, 0.05) is 43.2 Å². The Labute approximate surface area is 233 Å². The van der Waals surface area contributed by atoms with Crippen LogP contribution in [0.4, 0.5) is 4.39 Å². The normalized spacial score (nSPS) is 20.9. The van der Waals surface area contributed by atoms with Crippen molar-refractivity contribution in [1.82, 2.24) is 14.3 Å². The monoisotopic (exact) mass is 545 g/mol. The molecule has 2 aromatic carbocycles. The molecular weight excluding hydrogens is 509 g/mol. The predicted octanol–water partition coefficient (Wildman–Crippen LogP) is 7.73. The molecule has 2 saturated heterocycles. The molecule has 2 aromatic heterocycles. The smallest absolute Gasteiger partial charge is 0.195 e. The number of imidazole rings is 1. The summed E-state index contributed by atoms with van der Waals surface area (Å²) in [6.45, 7) is 3.51. The molecule has 3 aliphatic rings. The molecule has 4 heterocycles. The maximum Gasteiger partial charge on any atom is 0.195 e. The number of thiazole rings is 1. The second-order valence-corrected chi connectivity index (χ2v) is 12.6. The highest BCUT2D eigenvalue weighted by Gasteiger charge is 2.32. The fourth-order valence-electron chi connectivity index (χ4n) is 6.30. The van der Waals surface area contributed by atoms with Crippen LogP contribution in [-0.4, -0.2) is 52.5 Å². The SMILES string of the molecule is O=C(CCCCN1CCC(F)CC1)c1ccc2c(c1)sc1nc(-c3ccc([C@H]4CCCO4)cc3)c(C3CC3)n12. The van der Waals surface area contributed by atoms with Crippen molar-refractivity contribution >= 4 is 32.3 Å². The molecule has 0 bridgehead atoms. The molecule has 0 radical (unpaired) electrons. The third kappa shape index (κ3) is 5.17. The van der Waals surface area contributed by atoms with Crippen LogP contribution < -0.4 is 0 Å². The maximum atomic E-state index is 13.3. The number of hydrogen-bond acceptors (Lipinski definition) is 5. The predicted molar refractivity (Wildman–Crippen MR) is 155 cm³/mol. The van der Waals surface area contributed by atoms with Crippen LogP contribution in [0, 0.1) is 0 Å². The second-order valence-electron chi connectivity index (χ2n) is 11.5. The highest BCUT2D eigenvalue weighted by Crippen LogP contribution is 2.47. The average molecular weight is 546 g/mol. The number of halogens is 1. The van der Waals surface area contributed by atoms with Gasteiger partial charge in [-0.25, -0.2) is 9.37 Å². The summed E-state index contributed by atoms with van der Waals surface area (Å²) in [5.41, 5.74) is 6.79. The quantitative estimate of drug-likeness (QED) is 0.159. The number of alkyl halides is 1. The van der Waals surface area contributed by atoms with Crippen LogP contribution in [0.1, 0.15) is 91.4 Å². The standard InChI is InChI=1S/C32H36FN3O2S/c33-25-14-17-35(18-15-25)16-2-1-4-27(37)24-12-13-26-29(20-24)39-32-34-30(31(36(26)32)23-10-11-23)22-8-6-21(7-9-22)28-5-3-19-38-28/h6-9,12-13,20,23,25,28H,1-5,10-11,14-19H2/t28-/m1/s1. The van der Waals surface area contributed by atoms with Gasteiger partial charge in [-0.3, -0.25) is 9.20 Å². The van der Waals surface area contributed by atoms with Gasteiger partial charge in [0.25, 0.3) is 0 Å². The summed E-state index contributed by atoms with van der Waals surface area (Å²) in [6.07, 6.45) is 7.96. The zero-order valence-corrected chi connectivity index (χ0v) is 23.2. The number of unbranched alkanes of at least 4 members (excludes halogenated alkanes) is 1. The van der Waals surface area contributed by atoms with Crippen LogP contribution in [0.25, 0.3) is 26.4 Å². The molecule has 0 N–H and O–H groups in total. The van der Waals surface area contributed by atoms with Gasteiger partial charge < -0.3 is 9.64 Å². The minimum Gasteiger partial charge on any atom is -0.374 e. The van der Waals surface area contributed by atoms with E-state index in [-0.39, 0.29) is 11.9 Å². The van der Waals surface area contributed by atoms with Gasteiger partial charge in [0.1, 0.15) is 6.17 Å². The summed E-state index contributed by atoms with van der Waals surface area (Å²) in [7, 11) is 0. The third-order valence-corrected chi connectivity index (χ3v) is 9.70. The summed E-state index contributed by atoms with van der Waals surface area (Å²) in [6, 6.07) is 15.0. The molecule has 1 saturated carbocycles. The average Bonchev–Trinajstić information content (AvgIpc) is 3.35. The van der Waals surface area contributed by atoms with Gasteiger partial charge in [0.2, 0.25) is 0 Å². The Bertz CT molecular complexity index is 1470. The third-order valence-electron chi connectivity index (χ3n) is 8.70. The Kier molecular flexibility index (Phi) is 6.99. The first-order chi connectivity index (χ1) is 19.1. The molecule has 3 fully saturated rings. The van der Waals surface area contributed by atoms with E-state index in [0.717, 1.165) is 78.4 Å². The number of benzene rings is 2. The fraction of sp³-hybridized carbons (Fsp3) is 0.500. The van der Waals surface area contributed by atoms with Crippen molar-refractivity contribution in [1.29, 1.82) is 0 Å². The van der Waals surface area contributed by atoms with Crippen LogP contribution >= 0.6 is 11.3 Å². The number of carbonyl (C=O) groups excluding carboxylic acids is 1. The molecule has 0 amide bonds. The summed E-state index contributed by atoms with van der Waals surface area (Å²) >= 11 is 1.68. The molecular formula is C32H36FN3O2S. The number of ketones is 1. The van der Waals surface area contributed by atoms with E-state index < -0.39 is 6.17 Å². The Morgan fingerprint density at radius 3 is 2.59 bits per heavy atom. The van der Waals surface area contributed by atoms with Gasteiger partial charge in [-0.1, -0.05) is 35.6 Å². The largest absolute Gasteiger partial charge is 0.374 e. The number of rotatable bonds is 9. The van der Waals surface area contributed by atoms with Gasteiger partial charge >= 0.3 is 0 Å². The van der Waals surface area contributed by atoms with E-state index >= 15 is 0 Å². The van der Waals surface area contributed by atoms with Gasteiger partial charge in [-0.05, 0) is 81.7 Å². The van der Waals surface area contributed by atoms with Crippen LogP contribution in [-0.2, 0) is 4.74 Å². The first-order valence-electron chi connectivity index (χ1n) is 14.7. The zero-order valence-electron chi connectivity index (χ0n) is 22.4. The number of fused-ring (bicyclic) bond motifs is 3. The number of carbonyl (C=O) groups is 1. The van der Waals surface area contributed by atoms with E-state index in [1.165, 1.54) is 29.7 Å². The van der Waals surface area contributed by atoms with Crippen molar-refractivity contribution in [3.8, 4) is 11.3 Å². The lowest BCUT2D eigenvalue weighted by Gasteiger charge is -2.28. The van der Waals surface area contributed by atoms with E-state index in [0.29, 0.717) is 25.2 Å². The van der Waals surface area contributed by atoms with E-state index in [1.54, 1.807) is 11.3 Å². The number of nitrogens with zero attached hydrogens (tertiary/aromatic N) is 3. The topological polar surface area (TPSA) is 46.8 Å². The van der Waals surface area contributed by atoms with Gasteiger partial charge in [-0.2, -0.15) is 0 Å². The molecule has 0 spiro atoms. The summed E-state index contributed by atoms with van der Waals surface area (Å²) < 4.78 is 22.7. The summed E-state index contributed by atoms with van der Waals surface area (Å²) in [4.78, 5) is 21.5. The molecule has 39 heavy (non-hydrogen) atoms. The lowest BCUT2D eigenvalue weighted by Crippen LogP contribution is -2.35. The molecule has 1 aliphatic carbocycles. The minimum absolute atomic E-state index is 0.208. The molecule has 5 nitrogen and oxygen atoms in total. The molecule has 7 heteroatoms. The summed E-state index contributed by atoms with van der Waals surface area (Å²) in [5.74, 6) is 0.752. The minimum atomic E-state index is -0.631. The number of hydrogen-bond donors (Lipinski definition) is 0. The van der Waals surface area contributed by atoms with Crippen molar-refractivity contribution in [2.45, 2.75) is 76.0 Å². The van der Waals surface area contributed by atoms with Crippen molar-refractivity contribution in [2.24, 2.45) is 0 Å². The Balaban J connectivity index is 1.08. The Morgan fingerprint density at radius 2 is 1.85 bits per heavy atom. The lowest BCUT2D eigenvalue weighted by atomic mass is 10.0. The number of likely N-dealkylation sites (tertiary alicyclic amines) is 1. The first kappa shape index (κ1) is 25.4. The van der Waals surface area contributed by atoms with E-state index in [4.69, 9.17) is 9.72 Å². The van der Waals surface area contributed by atoms with Crippen molar-refractivity contribution in [3.05, 3.63) is 59.3 Å². The van der Waals surface area contributed by atoms with Crippen molar-refractivity contribution < 1.29 is 13.9 Å². The first-order valence-corrected chi connectivity index (χ1v) is 15.5. The van der Waals surface area contributed by atoms with Gasteiger partial charge in [0.05, 0.1) is 27.7 Å². The van der Waals surface area contributed by atoms with Crippen LogP contribution in [0.3, 0.4) is 0 Å². The van der Waals surface area contributed by atoms with Crippen LogP contribution in [0.5, 0.6) is 0 Å². The molecule has 4 aromatic rings. The highest BCUT2D eigenvalue weighted by molar-refractivity contribution is 7.23.